The van der Waals surface area contributed by atoms with Crippen molar-refractivity contribution in [3.63, 3.8) is 0 Å². The Bertz CT molecular complexity index is 950. The lowest BCUT2D eigenvalue weighted by molar-refractivity contribution is 0.0952. The zero-order chi connectivity index (χ0) is 19.1. The molecule has 138 valence electrons. The van der Waals surface area contributed by atoms with Gasteiger partial charge < -0.3 is 10.6 Å². The van der Waals surface area contributed by atoms with Crippen molar-refractivity contribution in [2.45, 2.75) is 26.2 Å². The van der Waals surface area contributed by atoms with Crippen molar-refractivity contribution < 1.29 is 9.59 Å². The van der Waals surface area contributed by atoms with Crippen LogP contribution in [-0.2, 0) is 0 Å². The highest BCUT2D eigenvalue weighted by Crippen LogP contribution is 2.21. The number of benzene rings is 1. The largest absolute Gasteiger partial charge is 0.352 e. The van der Waals surface area contributed by atoms with E-state index in [1.54, 1.807) is 18.3 Å². The van der Waals surface area contributed by atoms with Crippen LogP contribution < -0.4 is 10.6 Å². The summed E-state index contributed by atoms with van der Waals surface area (Å²) in [6, 6.07) is 10.9. The van der Waals surface area contributed by atoms with E-state index in [9.17, 15) is 9.59 Å². The number of pyridine rings is 2. The van der Waals surface area contributed by atoms with Crippen molar-refractivity contribution in [2.24, 2.45) is 0 Å². The Kier molecular flexibility index (Phi) is 6.10. The average Bonchev–Trinajstić information content (AvgIpc) is 2.71. The first kappa shape index (κ1) is 18.5. The smallest absolute Gasteiger partial charge is 0.257 e. The molecule has 2 aromatic heterocycles. The average molecular weight is 362 g/mol. The molecule has 0 saturated heterocycles. The molecule has 2 heterocycles. The third kappa shape index (κ3) is 4.67. The van der Waals surface area contributed by atoms with E-state index in [0.717, 1.165) is 24.6 Å². The number of hydrogen-bond donors (Lipinski definition) is 2. The summed E-state index contributed by atoms with van der Waals surface area (Å²) in [6.07, 6.45) is 7.69. The zero-order valence-corrected chi connectivity index (χ0v) is 15.2. The van der Waals surface area contributed by atoms with Gasteiger partial charge in [-0.1, -0.05) is 38.0 Å². The van der Waals surface area contributed by atoms with Gasteiger partial charge in [-0.3, -0.25) is 19.6 Å². The molecule has 0 aliphatic heterocycles. The van der Waals surface area contributed by atoms with Crippen molar-refractivity contribution in [2.75, 3.05) is 11.9 Å². The maximum absolute atomic E-state index is 12.6. The lowest BCUT2D eigenvalue weighted by Gasteiger charge is -2.09. The van der Waals surface area contributed by atoms with Gasteiger partial charge in [0.2, 0.25) is 0 Å². The van der Waals surface area contributed by atoms with Gasteiger partial charge in [0.15, 0.2) is 0 Å². The molecule has 2 N–H and O–H groups in total. The molecular formula is C21H22N4O2. The number of amides is 2. The fourth-order valence-corrected chi connectivity index (χ4v) is 2.77. The second-order valence-electron chi connectivity index (χ2n) is 6.26. The van der Waals surface area contributed by atoms with E-state index in [0.29, 0.717) is 28.9 Å². The number of rotatable bonds is 7. The molecule has 0 saturated carbocycles. The maximum atomic E-state index is 12.6. The van der Waals surface area contributed by atoms with E-state index < -0.39 is 0 Å². The second kappa shape index (κ2) is 8.89. The summed E-state index contributed by atoms with van der Waals surface area (Å²) in [5.41, 5.74) is 2.03. The van der Waals surface area contributed by atoms with Gasteiger partial charge in [0.05, 0.1) is 22.3 Å². The summed E-state index contributed by atoms with van der Waals surface area (Å²) in [6.45, 7) is 2.73. The van der Waals surface area contributed by atoms with Gasteiger partial charge in [-0.25, -0.2) is 0 Å². The Balaban J connectivity index is 1.72. The molecule has 0 fully saturated rings. The van der Waals surface area contributed by atoms with Crippen LogP contribution in [0.4, 0.5) is 5.69 Å². The van der Waals surface area contributed by atoms with E-state index >= 15 is 0 Å². The van der Waals surface area contributed by atoms with E-state index in [1.807, 2.05) is 24.3 Å². The summed E-state index contributed by atoms with van der Waals surface area (Å²) in [4.78, 5) is 33.2. The third-order valence-corrected chi connectivity index (χ3v) is 4.21. The number of nitrogens with one attached hydrogen (secondary N) is 2. The van der Waals surface area contributed by atoms with E-state index in [2.05, 4.69) is 27.5 Å². The van der Waals surface area contributed by atoms with Gasteiger partial charge in [0.1, 0.15) is 0 Å². The van der Waals surface area contributed by atoms with Crippen molar-refractivity contribution in [1.82, 2.24) is 15.3 Å². The molecule has 6 nitrogen and oxygen atoms in total. The molecule has 0 unspecified atom stereocenters. The predicted molar refractivity (Wildman–Crippen MR) is 106 cm³/mol. The monoisotopic (exact) mass is 362 g/mol. The van der Waals surface area contributed by atoms with Crippen LogP contribution in [0, 0.1) is 0 Å². The van der Waals surface area contributed by atoms with Crippen LogP contribution in [0.1, 0.15) is 46.9 Å². The quantitative estimate of drug-likeness (QED) is 0.626. The van der Waals surface area contributed by atoms with E-state index in [-0.39, 0.29) is 11.8 Å². The number of aromatic nitrogens is 2. The fourth-order valence-electron chi connectivity index (χ4n) is 2.77. The van der Waals surface area contributed by atoms with Crippen LogP contribution in [0.3, 0.4) is 0 Å². The molecule has 3 rings (SSSR count). The minimum absolute atomic E-state index is 0.222. The molecule has 3 aromatic rings. The Hall–Kier alpha value is -3.28. The van der Waals surface area contributed by atoms with Crippen LogP contribution >= 0.6 is 0 Å². The van der Waals surface area contributed by atoms with E-state index in [1.165, 1.54) is 12.4 Å². The molecule has 0 aliphatic rings. The highest BCUT2D eigenvalue weighted by Gasteiger charge is 2.13. The topological polar surface area (TPSA) is 84.0 Å². The van der Waals surface area contributed by atoms with Gasteiger partial charge in [-0.2, -0.15) is 0 Å². The number of anilines is 1. The van der Waals surface area contributed by atoms with Crippen molar-refractivity contribution >= 4 is 28.4 Å². The number of carbonyl (C=O) groups is 2. The SMILES string of the molecule is CCCCCNC(=O)c1cncc(C(=O)Nc2cccc3cccnc23)c1. The minimum Gasteiger partial charge on any atom is -0.352 e. The molecule has 0 spiro atoms. The van der Waals surface area contributed by atoms with Crippen LogP contribution in [0.5, 0.6) is 0 Å². The molecule has 0 radical (unpaired) electrons. The van der Waals surface area contributed by atoms with Crippen LogP contribution in [0.2, 0.25) is 0 Å². The van der Waals surface area contributed by atoms with Crippen molar-refractivity contribution in [3.05, 3.63) is 66.1 Å². The Labute approximate surface area is 158 Å². The van der Waals surface area contributed by atoms with Crippen molar-refractivity contribution in [1.29, 1.82) is 0 Å². The van der Waals surface area contributed by atoms with Crippen LogP contribution in [-0.4, -0.2) is 28.3 Å². The number of nitrogens with zero attached hydrogens (tertiary/aromatic N) is 2. The highest BCUT2D eigenvalue weighted by molar-refractivity contribution is 6.09. The first-order valence-corrected chi connectivity index (χ1v) is 9.07. The lowest BCUT2D eigenvalue weighted by Crippen LogP contribution is -2.25. The number of para-hydroxylation sites is 1. The van der Waals surface area contributed by atoms with Crippen molar-refractivity contribution in [3.8, 4) is 0 Å². The Morgan fingerprint density at radius 1 is 1.00 bits per heavy atom. The van der Waals surface area contributed by atoms with Gasteiger partial charge in [-0.05, 0) is 24.6 Å². The number of fused-ring (bicyclic) bond motifs is 1. The molecule has 2 amide bonds. The molecule has 0 atom stereocenters. The van der Waals surface area contributed by atoms with Crippen LogP contribution in [0.15, 0.2) is 55.0 Å². The third-order valence-electron chi connectivity index (χ3n) is 4.21. The number of hydrogen-bond acceptors (Lipinski definition) is 4. The molecular weight excluding hydrogens is 340 g/mol. The Morgan fingerprint density at radius 3 is 2.59 bits per heavy atom. The Morgan fingerprint density at radius 2 is 1.78 bits per heavy atom. The van der Waals surface area contributed by atoms with Gasteiger partial charge >= 0.3 is 0 Å². The standard InChI is InChI=1S/C21H22N4O2/c1-2-3-4-10-24-20(26)16-12-17(14-22-13-16)21(27)25-18-9-5-7-15-8-6-11-23-19(15)18/h5-9,11-14H,2-4,10H2,1H3,(H,24,26)(H,25,27). The molecule has 0 bridgehead atoms. The van der Waals surface area contributed by atoms with Gasteiger partial charge in [-0.15, -0.1) is 0 Å². The summed E-state index contributed by atoms with van der Waals surface area (Å²) < 4.78 is 0. The summed E-state index contributed by atoms with van der Waals surface area (Å²) >= 11 is 0. The van der Waals surface area contributed by atoms with Gasteiger partial charge in [0.25, 0.3) is 11.8 Å². The van der Waals surface area contributed by atoms with E-state index in [4.69, 9.17) is 0 Å². The minimum atomic E-state index is -0.332. The number of unbranched alkanes of at least 4 members (excludes halogenated alkanes) is 2. The van der Waals surface area contributed by atoms with Crippen LogP contribution in [0.25, 0.3) is 10.9 Å². The second-order valence-corrected chi connectivity index (χ2v) is 6.26. The fraction of sp³-hybridized carbons (Fsp3) is 0.238. The summed E-state index contributed by atoms with van der Waals surface area (Å²) in [5.74, 6) is -0.554. The molecule has 1 aromatic carbocycles. The summed E-state index contributed by atoms with van der Waals surface area (Å²) in [5, 5.41) is 6.65. The zero-order valence-electron chi connectivity index (χ0n) is 15.2. The lowest BCUT2D eigenvalue weighted by atomic mass is 10.1. The first-order chi connectivity index (χ1) is 13.2. The molecule has 6 heteroatoms. The number of carbonyl (C=O) groups excluding carboxylic acids is 2. The normalized spacial score (nSPS) is 10.6. The predicted octanol–water partition coefficient (Wildman–Crippen LogP) is 3.80. The molecule has 0 aliphatic carbocycles. The molecule has 27 heavy (non-hydrogen) atoms. The van der Waals surface area contributed by atoms with Gasteiger partial charge in [0, 0.05) is 30.5 Å². The maximum Gasteiger partial charge on any atom is 0.257 e. The summed E-state index contributed by atoms with van der Waals surface area (Å²) in [7, 11) is 0. The first-order valence-electron chi connectivity index (χ1n) is 9.07. The highest BCUT2D eigenvalue weighted by atomic mass is 16.2.